The van der Waals surface area contributed by atoms with Crippen LogP contribution in [-0.4, -0.2) is 61.5 Å². The summed E-state index contributed by atoms with van der Waals surface area (Å²) in [6.07, 6.45) is 3.99. The van der Waals surface area contributed by atoms with Crippen molar-refractivity contribution in [1.29, 1.82) is 0 Å². The van der Waals surface area contributed by atoms with Gasteiger partial charge in [-0.05, 0) is 43.9 Å². The molecule has 0 spiro atoms. The van der Waals surface area contributed by atoms with Crippen molar-refractivity contribution in [3.63, 3.8) is 0 Å². The molecule has 1 N–H and O–H groups in total. The number of amides is 3. The summed E-state index contributed by atoms with van der Waals surface area (Å²) in [5.41, 5.74) is 1.29. The molecule has 0 aromatic heterocycles. The van der Waals surface area contributed by atoms with Gasteiger partial charge >= 0.3 is 6.03 Å². The molecule has 136 valence electrons. The summed E-state index contributed by atoms with van der Waals surface area (Å²) in [7, 11) is 3.34. The number of urea groups is 1. The molecule has 2 fully saturated rings. The van der Waals surface area contributed by atoms with Crippen LogP contribution in [0.3, 0.4) is 0 Å². The third kappa shape index (κ3) is 3.70. The number of halogens is 1. The Labute approximate surface area is 147 Å². The van der Waals surface area contributed by atoms with E-state index < -0.39 is 17.9 Å². The van der Waals surface area contributed by atoms with Crippen LogP contribution in [0.5, 0.6) is 0 Å². The zero-order valence-corrected chi connectivity index (χ0v) is 14.8. The first kappa shape index (κ1) is 17.5. The molecule has 1 aromatic rings. The maximum absolute atomic E-state index is 13.7. The van der Waals surface area contributed by atoms with Crippen molar-refractivity contribution in [1.82, 2.24) is 9.80 Å². The van der Waals surface area contributed by atoms with Gasteiger partial charge in [-0.25, -0.2) is 9.18 Å². The van der Waals surface area contributed by atoms with Gasteiger partial charge in [-0.3, -0.25) is 4.79 Å². The number of benzene rings is 1. The number of hydrogen-bond acceptors (Lipinski definition) is 3. The van der Waals surface area contributed by atoms with Gasteiger partial charge in [-0.15, -0.1) is 0 Å². The standard InChI is InChI=1S/C18H25FN4O2/c1-21-11-8-16(17(21)24)22(2)18(25)20-14-12-13(19)6-7-15(14)23-9-4-3-5-10-23/h6-7,12,16H,3-5,8-11H2,1-2H3,(H,20,25). The van der Waals surface area contributed by atoms with E-state index in [4.69, 9.17) is 0 Å². The summed E-state index contributed by atoms with van der Waals surface area (Å²) in [5.74, 6) is -0.455. The van der Waals surface area contributed by atoms with Crippen LogP contribution in [0.4, 0.5) is 20.6 Å². The first-order valence-electron chi connectivity index (χ1n) is 8.80. The predicted octanol–water partition coefficient (Wildman–Crippen LogP) is 2.51. The summed E-state index contributed by atoms with van der Waals surface area (Å²) < 4.78 is 13.7. The van der Waals surface area contributed by atoms with E-state index in [2.05, 4.69) is 10.2 Å². The Morgan fingerprint density at radius 2 is 1.96 bits per heavy atom. The number of likely N-dealkylation sites (N-methyl/N-ethyl adjacent to an activating group) is 2. The van der Waals surface area contributed by atoms with Crippen molar-refractivity contribution in [3.05, 3.63) is 24.0 Å². The Balaban J connectivity index is 1.76. The lowest BCUT2D eigenvalue weighted by molar-refractivity contribution is -0.129. The van der Waals surface area contributed by atoms with Crippen molar-refractivity contribution in [2.45, 2.75) is 31.7 Å². The highest BCUT2D eigenvalue weighted by atomic mass is 19.1. The van der Waals surface area contributed by atoms with E-state index in [-0.39, 0.29) is 5.91 Å². The fourth-order valence-corrected chi connectivity index (χ4v) is 3.53. The number of nitrogens with zero attached hydrogens (tertiary/aromatic N) is 3. The number of likely N-dealkylation sites (tertiary alicyclic amines) is 1. The fraction of sp³-hybridized carbons (Fsp3) is 0.556. The van der Waals surface area contributed by atoms with E-state index in [0.29, 0.717) is 18.7 Å². The average Bonchev–Trinajstić information content (AvgIpc) is 2.94. The molecule has 1 aromatic carbocycles. The first-order chi connectivity index (χ1) is 12.0. The molecule has 0 bridgehead atoms. The van der Waals surface area contributed by atoms with Gasteiger partial charge < -0.3 is 20.0 Å². The second kappa shape index (κ2) is 7.29. The van der Waals surface area contributed by atoms with Gasteiger partial charge in [0.2, 0.25) is 5.91 Å². The van der Waals surface area contributed by atoms with Crippen LogP contribution in [-0.2, 0) is 4.79 Å². The molecule has 1 atom stereocenters. The average molecular weight is 348 g/mol. The highest BCUT2D eigenvalue weighted by Crippen LogP contribution is 2.30. The number of anilines is 2. The second-order valence-electron chi connectivity index (χ2n) is 6.81. The van der Waals surface area contributed by atoms with E-state index in [1.54, 1.807) is 25.1 Å². The predicted molar refractivity (Wildman–Crippen MR) is 95.3 cm³/mol. The topological polar surface area (TPSA) is 55.9 Å². The van der Waals surface area contributed by atoms with E-state index in [0.717, 1.165) is 31.6 Å². The van der Waals surface area contributed by atoms with Crippen LogP contribution in [0.2, 0.25) is 0 Å². The highest BCUT2D eigenvalue weighted by molar-refractivity contribution is 5.96. The molecule has 0 saturated carbocycles. The van der Waals surface area contributed by atoms with Crippen LogP contribution in [0.1, 0.15) is 25.7 Å². The Hall–Kier alpha value is -2.31. The fourth-order valence-electron chi connectivity index (χ4n) is 3.53. The van der Waals surface area contributed by atoms with Crippen molar-refractivity contribution >= 4 is 23.3 Å². The quantitative estimate of drug-likeness (QED) is 0.913. The maximum Gasteiger partial charge on any atom is 0.322 e. The zero-order valence-electron chi connectivity index (χ0n) is 14.8. The lowest BCUT2D eigenvalue weighted by Crippen LogP contribution is -2.44. The van der Waals surface area contributed by atoms with Crippen LogP contribution in [0.25, 0.3) is 0 Å². The van der Waals surface area contributed by atoms with Gasteiger partial charge in [0.25, 0.3) is 0 Å². The molecule has 3 rings (SSSR count). The Morgan fingerprint density at radius 3 is 2.60 bits per heavy atom. The van der Waals surface area contributed by atoms with Crippen molar-refractivity contribution in [3.8, 4) is 0 Å². The van der Waals surface area contributed by atoms with E-state index in [1.165, 1.54) is 23.5 Å². The van der Waals surface area contributed by atoms with Gasteiger partial charge in [0.1, 0.15) is 11.9 Å². The smallest absolute Gasteiger partial charge is 0.322 e. The number of nitrogens with one attached hydrogen (secondary N) is 1. The van der Waals surface area contributed by atoms with Crippen molar-refractivity contribution in [2.24, 2.45) is 0 Å². The minimum Gasteiger partial charge on any atom is -0.370 e. The molecular weight excluding hydrogens is 323 g/mol. The Morgan fingerprint density at radius 1 is 1.24 bits per heavy atom. The van der Waals surface area contributed by atoms with E-state index >= 15 is 0 Å². The molecule has 2 aliphatic rings. The summed E-state index contributed by atoms with van der Waals surface area (Å²) in [6, 6.07) is 3.62. The monoisotopic (exact) mass is 348 g/mol. The largest absolute Gasteiger partial charge is 0.370 e. The minimum atomic E-state index is -0.461. The van der Waals surface area contributed by atoms with Crippen LogP contribution in [0.15, 0.2) is 18.2 Å². The van der Waals surface area contributed by atoms with Crippen molar-refractivity contribution in [2.75, 3.05) is 43.9 Å². The summed E-state index contributed by atoms with van der Waals surface area (Å²) >= 11 is 0. The number of rotatable bonds is 3. The first-order valence-corrected chi connectivity index (χ1v) is 8.80. The number of carbonyl (C=O) groups excluding carboxylic acids is 2. The highest BCUT2D eigenvalue weighted by Gasteiger charge is 2.34. The lowest BCUT2D eigenvalue weighted by atomic mass is 10.1. The molecule has 0 aliphatic carbocycles. The molecule has 2 heterocycles. The summed E-state index contributed by atoms with van der Waals surface area (Å²) in [5, 5.41) is 2.80. The summed E-state index contributed by atoms with van der Waals surface area (Å²) in [4.78, 5) is 29.9. The molecule has 3 amide bonds. The van der Waals surface area contributed by atoms with E-state index in [1.807, 2.05) is 0 Å². The lowest BCUT2D eigenvalue weighted by Gasteiger charge is -2.31. The van der Waals surface area contributed by atoms with E-state index in [9.17, 15) is 14.0 Å². The Bertz CT molecular complexity index is 660. The third-order valence-corrected chi connectivity index (χ3v) is 5.08. The van der Waals surface area contributed by atoms with Gasteiger partial charge in [0.15, 0.2) is 0 Å². The maximum atomic E-state index is 13.7. The van der Waals surface area contributed by atoms with Gasteiger partial charge in [-0.2, -0.15) is 0 Å². The second-order valence-corrected chi connectivity index (χ2v) is 6.81. The van der Waals surface area contributed by atoms with Gasteiger partial charge in [0.05, 0.1) is 11.4 Å². The number of piperidine rings is 1. The zero-order chi connectivity index (χ0) is 18.0. The van der Waals surface area contributed by atoms with Gasteiger partial charge in [-0.1, -0.05) is 0 Å². The van der Waals surface area contributed by atoms with Crippen LogP contribution in [0, 0.1) is 5.82 Å². The Kier molecular flexibility index (Phi) is 5.11. The van der Waals surface area contributed by atoms with Crippen LogP contribution >= 0.6 is 0 Å². The van der Waals surface area contributed by atoms with Gasteiger partial charge in [0, 0.05) is 33.7 Å². The molecule has 6 nitrogen and oxygen atoms in total. The molecule has 0 radical (unpaired) electrons. The molecule has 2 saturated heterocycles. The van der Waals surface area contributed by atoms with Crippen molar-refractivity contribution < 1.29 is 14.0 Å². The normalized spacial score (nSPS) is 20.8. The number of carbonyl (C=O) groups is 2. The molecule has 2 aliphatic heterocycles. The SMILES string of the molecule is CN1CCC(N(C)C(=O)Nc2cc(F)ccc2N2CCCCC2)C1=O. The molecule has 7 heteroatoms. The van der Waals surface area contributed by atoms with Crippen LogP contribution < -0.4 is 10.2 Å². The minimum absolute atomic E-state index is 0.0619. The molecule has 1 unspecified atom stereocenters. The molecular formula is C18H25FN4O2. The summed E-state index contributed by atoms with van der Waals surface area (Å²) in [6.45, 7) is 2.44. The number of hydrogen-bond donors (Lipinski definition) is 1. The third-order valence-electron chi connectivity index (χ3n) is 5.08. The molecule has 25 heavy (non-hydrogen) atoms.